The van der Waals surface area contributed by atoms with Crippen LogP contribution in [-0.2, 0) is 4.79 Å². The van der Waals surface area contributed by atoms with Gasteiger partial charge >= 0.3 is 0 Å². The van der Waals surface area contributed by atoms with Crippen LogP contribution >= 0.6 is 0 Å². The van der Waals surface area contributed by atoms with Crippen LogP contribution in [0.5, 0.6) is 0 Å². The molecule has 0 saturated heterocycles. The third-order valence-corrected chi connectivity index (χ3v) is 4.33. The summed E-state index contributed by atoms with van der Waals surface area (Å²) in [6.07, 6.45) is 8.91. The van der Waals surface area contributed by atoms with E-state index in [1.807, 2.05) is 0 Å². The maximum atomic E-state index is 12.6. The van der Waals surface area contributed by atoms with Crippen molar-refractivity contribution in [1.82, 2.24) is 0 Å². The Hall–Kier alpha value is -0.370. The summed E-state index contributed by atoms with van der Waals surface area (Å²) in [5, 5.41) is 0. The number of carbonyl (C=O) groups excluding carboxylic acids is 1. The van der Waals surface area contributed by atoms with Crippen molar-refractivity contribution in [2.24, 2.45) is 17.1 Å². The number of carbonyl (C=O) groups is 1. The lowest BCUT2D eigenvalue weighted by atomic mass is 9.71. The van der Waals surface area contributed by atoms with Gasteiger partial charge in [0, 0.05) is 17.9 Å². The molecule has 0 aromatic carbocycles. The third-order valence-electron chi connectivity index (χ3n) is 4.33. The zero-order chi connectivity index (χ0) is 12.0. The lowest BCUT2D eigenvalue weighted by Gasteiger charge is -2.33. The van der Waals surface area contributed by atoms with Crippen molar-refractivity contribution in [3.05, 3.63) is 0 Å². The van der Waals surface area contributed by atoms with Gasteiger partial charge in [-0.2, -0.15) is 0 Å². The molecule has 0 heterocycles. The van der Waals surface area contributed by atoms with Gasteiger partial charge in [0.05, 0.1) is 0 Å². The molecule has 0 unspecified atom stereocenters. The second-order valence-electron chi connectivity index (χ2n) is 5.28. The summed E-state index contributed by atoms with van der Waals surface area (Å²) in [7, 11) is 0. The van der Waals surface area contributed by atoms with Gasteiger partial charge in [-0.05, 0) is 25.7 Å². The van der Waals surface area contributed by atoms with E-state index in [2.05, 4.69) is 13.8 Å². The van der Waals surface area contributed by atoms with Gasteiger partial charge < -0.3 is 5.73 Å². The molecule has 1 aliphatic rings. The molecule has 0 aliphatic heterocycles. The lowest BCUT2D eigenvalue weighted by molar-refractivity contribution is -0.133. The highest BCUT2D eigenvalue weighted by atomic mass is 16.1. The van der Waals surface area contributed by atoms with Crippen LogP contribution in [0, 0.1) is 11.3 Å². The van der Waals surface area contributed by atoms with E-state index in [9.17, 15) is 4.79 Å². The van der Waals surface area contributed by atoms with Gasteiger partial charge in [0.2, 0.25) is 0 Å². The summed E-state index contributed by atoms with van der Waals surface area (Å²) in [5.74, 6) is 0.698. The van der Waals surface area contributed by atoms with Crippen molar-refractivity contribution in [3.63, 3.8) is 0 Å². The molecule has 0 radical (unpaired) electrons. The van der Waals surface area contributed by atoms with Crippen LogP contribution in [0.3, 0.4) is 0 Å². The normalized spacial score (nSPS) is 20.8. The highest BCUT2D eigenvalue weighted by Gasteiger charge is 2.39. The minimum atomic E-state index is -0.173. The van der Waals surface area contributed by atoms with E-state index in [0.717, 1.165) is 25.7 Å². The zero-order valence-corrected chi connectivity index (χ0v) is 10.9. The van der Waals surface area contributed by atoms with E-state index < -0.39 is 0 Å². The van der Waals surface area contributed by atoms with Crippen LogP contribution in [0.1, 0.15) is 65.2 Å². The number of hydrogen-bond acceptors (Lipinski definition) is 2. The predicted octanol–water partition coefficient (Wildman–Crippen LogP) is 3.29. The van der Waals surface area contributed by atoms with Crippen molar-refractivity contribution < 1.29 is 4.79 Å². The highest BCUT2D eigenvalue weighted by Crippen LogP contribution is 2.38. The monoisotopic (exact) mass is 225 g/mol. The van der Waals surface area contributed by atoms with Gasteiger partial charge in [0.15, 0.2) is 0 Å². The lowest BCUT2D eigenvalue weighted by Crippen LogP contribution is -2.41. The maximum Gasteiger partial charge on any atom is 0.143 e. The quantitative estimate of drug-likeness (QED) is 0.730. The first-order chi connectivity index (χ1) is 7.70. The second-order valence-corrected chi connectivity index (χ2v) is 5.28. The first-order valence-corrected chi connectivity index (χ1v) is 6.94. The van der Waals surface area contributed by atoms with Crippen molar-refractivity contribution in [3.8, 4) is 0 Å². The topological polar surface area (TPSA) is 43.1 Å². The maximum absolute atomic E-state index is 12.6. The summed E-state index contributed by atoms with van der Waals surface area (Å²) < 4.78 is 0. The number of ketones is 1. The fourth-order valence-electron chi connectivity index (χ4n) is 3.05. The van der Waals surface area contributed by atoms with Gasteiger partial charge in [0.1, 0.15) is 5.78 Å². The van der Waals surface area contributed by atoms with Crippen LogP contribution in [0.2, 0.25) is 0 Å². The average Bonchev–Trinajstić information content (AvgIpc) is 2.56. The fraction of sp³-hybridized carbons (Fsp3) is 0.929. The van der Waals surface area contributed by atoms with Crippen LogP contribution in [0.25, 0.3) is 0 Å². The molecule has 1 fully saturated rings. The second kappa shape index (κ2) is 6.39. The molecule has 0 atom stereocenters. The number of Topliss-reactive ketones (excluding diaryl/α,β-unsaturated/α-hetero) is 1. The largest absolute Gasteiger partial charge is 0.329 e. The molecule has 16 heavy (non-hydrogen) atoms. The average molecular weight is 225 g/mol. The first-order valence-electron chi connectivity index (χ1n) is 6.94. The third kappa shape index (κ3) is 2.85. The molecule has 2 nitrogen and oxygen atoms in total. The van der Waals surface area contributed by atoms with Gasteiger partial charge in [-0.1, -0.05) is 39.5 Å². The summed E-state index contributed by atoms with van der Waals surface area (Å²) in [4.78, 5) is 12.6. The van der Waals surface area contributed by atoms with Crippen LogP contribution in [0.15, 0.2) is 0 Å². The van der Waals surface area contributed by atoms with Gasteiger partial charge in [-0.15, -0.1) is 0 Å². The van der Waals surface area contributed by atoms with Crippen LogP contribution in [0.4, 0.5) is 0 Å². The standard InChI is InChI=1S/C14H27NO/c1-3-12(4-2)13(16)14(11-15)9-7-5-6-8-10-14/h12H,3-11,15H2,1-2H3. The SMILES string of the molecule is CCC(CC)C(=O)C1(CN)CCCCCC1. The number of hydrogen-bond donors (Lipinski definition) is 1. The Morgan fingerprint density at radius 3 is 2.00 bits per heavy atom. The Labute approximate surface area is 100.0 Å². The first kappa shape index (κ1) is 13.7. The van der Waals surface area contributed by atoms with Crippen molar-refractivity contribution in [2.75, 3.05) is 6.54 Å². The Balaban J connectivity index is 2.80. The van der Waals surface area contributed by atoms with E-state index in [4.69, 9.17) is 5.73 Å². The molecule has 94 valence electrons. The van der Waals surface area contributed by atoms with Crippen molar-refractivity contribution in [1.29, 1.82) is 0 Å². The number of rotatable bonds is 5. The molecule has 0 bridgehead atoms. The molecular weight excluding hydrogens is 198 g/mol. The number of nitrogens with two attached hydrogens (primary N) is 1. The van der Waals surface area contributed by atoms with Crippen molar-refractivity contribution in [2.45, 2.75) is 65.2 Å². The molecule has 2 heteroatoms. The van der Waals surface area contributed by atoms with E-state index >= 15 is 0 Å². The minimum Gasteiger partial charge on any atom is -0.329 e. The van der Waals surface area contributed by atoms with Gasteiger partial charge in [0.25, 0.3) is 0 Å². The molecule has 0 amide bonds. The Morgan fingerprint density at radius 1 is 1.12 bits per heavy atom. The molecule has 0 aromatic heterocycles. The highest BCUT2D eigenvalue weighted by molar-refractivity contribution is 5.87. The Kier molecular flexibility index (Phi) is 5.47. The van der Waals surface area contributed by atoms with Gasteiger partial charge in [-0.3, -0.25) is 4.79 Å². The molecule has 0 aromatic rings. The molecule has 2 N–H and O–H groups in total. The molecule has 1 saturated carbocycles. The smallest absolute Gasteiger partial charge is 0.143 e. The predicted molar refractivity (Wildman–Crippen MR) is 68.3 cm³/mol. The molecule has 0 spiro atoms. The van der Waals surface area contributed by atoms with E-state index in [-0.39, 0.29) is 11.3 Å². The molecule has 1 rings (SSSR count). The fourth-order valence-corrected chi connectivity index (χ4v) is 3.05. The van der Waals surface area contributed by atoms with Crippen LogP contribution in [-0.4, -0.2) is 12.3 Å². The van der Waals surface area contributed by atoms with Crippen molar-refractivity contribution >= 4 is 5.78 Å². The summed E-state index contributed by atoms with van der Waals surface area (Å²) in [6.45, 7) is 4.79. The molecule has 1 aliphatic carbocycles. The van der Waals surface area contributed by atoms with Crippen LogP contribution < -0.4 is 5.73 Å². The summed E-state index contributed by atoms with van der Waals surface area (Å²) in [5.41, 5.74) is 5.76. The van der Waals surface area contributed by atoms with E-state index in [1.165, 1.54) is 25.7 Å². The zero-order valence-electron chi connectivity index (χ0n) is 10.9. The Bertz CT molecular complexity index is 213. The Morgan fingerprint density at radius 2 is 1.62 bits per heavy atom. The van der Waals surface area contributed by atoms with E-state index in [0.29, 0.717) is 12.3 Å². The van der Waals surface area contributed by atoms with E-state index in [1.54, 1.807) is 0 Å². The summed E-state index contributed by atoms with van der Waals surface area (Å²) >= 11 is 0. The minimum absolute atomic E-state index is 0.173. The molecular formula is C14H27NO. The summed E-state index contributed by atoms with van der Waals surface area (Å²) in [6, 6.07) is 0. The van der Waals surface area contributed by atoms with Gasteiger partial charge in [-0.25, -0.2) is 0 Å².